The molecule has 1 amide bonds. The molecule has 168 valence electrons. The van der Waals surface area contributed by atoms with Gasteiger partial charge in [-0.3, -0.25) is 9.59 Å². The molecular formula is C23H23BrFN3O4. The summed E-state index contributed by atoms with van der Waals surface area (Å²) in [6.45, 7) is 0.390. The molecule has 3 rings (SSSR count). The minimum Gasteiger partial charge on any atom is -0.482 e. The molecule has 1 saturated heterocycles. The zero-order valence-corrected chi connectivity index (χ0v) is 18.9. The number of benzene rings is 2. The largest absolute Gasteiger partial charge is 0.482 e. The number of nitrogens with zero attached hydrogens (tertiary/aromatic N) is 2. The molecule has 0 saturated carbocycles. The molecule has 2 N–H and O–H groups in total. The van der Waals surface area contributed by atoms with Gasteiger partial charge in [-0.05, 0) is 55.2 Å². The number of hydrogen-bond acceptors (Lipinski definition) is 5. The van der Waals surface area contributed by atoms with E-state index in [1.807, 2.05) is 0 Å². The molecule has 0 radical (unpaired) electrons. The van der Waals surface area contributed by atoms with E-state index in [-0.39, 0.29) is 24.9 Å². The fourth-order valence-corrected chi connectivity index (χ4v) is 4.03. The highest BCUT2D eigenvalue weighted by Gasteiger charge is 2.36. The van der Waals surface area contributed by atoms with Gasteiger partial charge in [-0.2, -0.15) is 5.26 Å². The van der Waals surface area contributed by atoms with Gasteiger partial charge in [0.05, 0.1) is 17.2 Å². The van der Waals surface area contributed by atoms with Gasteiger partial charge in [0, 0.05) is 17.6 Å². The Balaban J connectivity index is 1.56. The maximum atomic E-state index is 13.1. The van der Waals surface area contributed by atoms with Crippen LogP contribution in [0.1, 0.15) is 18.4 Å². The molecule has 1 fully saturated rings. The van der Waals surface area contributed by atoms with Gasteiger partial charge in [0.15, 0.2) is 6.61 Å². The fourth-order valence-electron chi connectivity index (χ4n) is 3.67. The van der Waals surface area contributed by atoms with Crippen LogP contribution >= 0.6 is 15.9 Å². The van der Waals surface area contributed by atoms with Crippen LogP contribution in [0.3, 0.4) is 0 Å². The van der Waals surface area contributed by atoms with Crippen LogP contribution in [0, 0.1) is 22.6 Å². The Bertz CT molecular complexity index is 1010. The minimum absolute atomic E-state index is 0.194. The quantitative estimate of drug-likeness (QED) is 0.567. The lowest BCUT2D eigenvalue weighted by Crippen LogP contribution is -2.45. The summed E-state index contributed by atoms with van der Waals surface area (Å²) in [5, 5.41) is 21.4. The second kappa shape index (κ2) is 10.5. The lowest BCUT2D eigenvalue weighted by Gasteiger charge is -2.37. The maximum absolute atomic E-state index is 13.1. The average molecular weight is 504 g/mol. The Labute approximate surface area is 193 Å². The van der Waals surface area contributed by atoms with E-state index in [4.69, 9.17) is 9.84 Å². The van der Waals surface area contributed by atoms with Gasteiger partial charge >= 0.3 is 5.97 Å². The Kier molecular flexibility index (Phi) is 7.70. The predicted molar refractivity (Wildman–Crippen MR) is 120 cm³/mol. The first kappa shape index (κ1) is 23.5. The van der Waals surface area contributed by atoms with Crippen molar-refractivity contribution in [3.63, 3.8) is 0 Å². The number of carbonyl (C=O) groups is 2. The topological polar surface area (TPSA) is 103 Å². The molecule has 0 aromatic heterocycles. The summed E-state index contributed by atoms with van der Waals surface area (Å²) in [6.07, 6.45) is 1.56. The maximum Gasteiger partial charge on any atom is 0.322 e. The molecule has 0 bridgehead atoms. The summed E-state index contributed by atoms with van der Waals surface area (Å²) >= 11 is 3.33. The van der Waals surface area contributed by atoms with Gasteiger partial charge in [0.25, 0.3) is 5.91 Å². The Morgan fingerprint density at radius 1 is 1.22 bits per heavy atom. The number of piperidine rings is 1. The van der Waals surface area contributed by atoms with Crippen molar-refractivity contribution in [2.24, 2.45) is 5.41 Å². The van der Waals surface area contributed by atoms with Crippen LogP contribution in [0.5, 0.6) is 5.75 Å². The van der Waals surface area contributed by atoms with E-state index in [1.54, 1.807) is 35.2 Å². The molecular weight excluding hydrogens is 481 g/mol. The van der Waals surface area contributed by atoms with Gasteiger partial charge < -0.3 is 20.1 Å². The molecule has 0 unspecified atom stereocenters. The number of carboxylic acids is 1. The third kappa shape index (κ3) is 6.20. The van der Waals surface area contributed by atoms with E-state index in [2.05, 4.69) is 27.3 Å². The van der Waals surface area contributed by atoms with E-state index in [0.29, 0.717) is 43.8 Å². The van der Waals surface area contributed by atoms with E-state index < -0.39 is 11.4 Å². The molecule has 1 aliphatic rings. The number of rotatable bonds is 8. The van der Waals surface area contributed by atoms with E-state index in [0.717, 1.165) is 10.0 Å². The first-order valence-corrected chi connectivity index (χ1v) is 10.9. The highest BCUT2D eigenvalue weighted by Crippen LogP contribution is 2.35. The van der Waals surface area contributed by atoms with Crippen LogP contribution in [0.25, 0.3) is 0 Å². The molecule has 1 heterocycles. The highest BCUT2D eigenvalue weighted by molar-refractivity contribution is 9.10. The monoisotopic (exact) mass is 503 g/mol. The number of halogens is 2. The lowest BCUT2D eigenvalue weighted by atomic mass is 9.75. The van der Waals surface area contributed by atoms with Crippen LogP contribution in [0.2, 0.25) is 0 Å². The Hall–Kier alpha value is -3.12. The van der Waals surface area contributed by atoms with Crippen molar-refractivity contribution in [1.82, 2.24) is 4.90 Å². The lowest BCUT2D eigenvalue weighted by molar-refractivity contribution is -0.136. The smallest absolute Gasteiger partial charge is 0.322 e. The van der Waals surface area contributed by atoms with Gasteiger partial charge in [-0.15, -0.1) is 0 Å². The van der Waals surface area contributed by atoms with Crippen LogP contribution in [0.15, 0.2) is 46.9 Å². The third-order valence-corrected chi connectivity index (χ3v) is 5.98. The molecule has 9 heteroatoms. The molecule has 2 aromatic carbocycles. The number of likely N-dealkylation sites (tertiary alicyclic amines) is 1. The fraction of sp³-hybridized carbons (Fsp3) is 0.348. The van der Waals surface area contributed by atoms with Crippen LogP contribution < -0.4 is 10.1 Å². The number of nitrogens with one attached hydrogen (secondary N) is 1. The van der Waals surface area contributed by atoms with Crippen molar-refractivity contribution in [3.05, 3.63) is 58.3 Å². The minimum atomic E-state index is -1.01. The number of carboxylic acid groups (broad SMARTS) is 1. The third-order valence-electron chi connectivity index (χ3n) is 5.49. The predicted octanol–water partition coefficient (Wildman–Crippen LogP) is 3.84. The second-order valence-electron chi connectivity index (χ2n) is 7.75. The molecule has 32 heavy (non-hydrogen) atoms. The zero-order valence-electron chi connectivity index (χ0n) is 17.3. The van der Waals surface area contributed by atoms with Gasteiger partial charge in [0.1, 0.15) is 18.1 Å². The van der Waals surface area contributed by atoms with E-state index in [9.17, 15) is 19.2 Å². The van der Waals surface area contributed by atoms with Gasteiger partial charge in [0.2, 0.25) is 0 Å². The van der Waals surface area contributed by atoms with Crippen molar-refractivity contribution in [1.29, 1.82) is 5.26 Å². The number of anilines is 1. The van der Waals surface area contributed by atoms with Crippen molar-refractivity contribution < 1.29 is 23.8 Å². The van der Waals surface area contributed by atoms with Crippen molar-refractivity contribution in [3.8, 4) is 11.8 Å². The molecule has 0 atom stereocenters. The Morgan fingerprint density at radius 3 is 2.53 bits per heavy atom. The van der Waals surface area contributed by atoms with Crippen molar-refractivity contribution in [2.75, 3.05) is 31.6 Å². The normalized spacial score (nSPS) is 15.0. The van der Waals surface area contributed by atoms with Crippen LogP contribution in [-0.4, -0.2) is 48.1 Å². The number of nitriles is 1. The molecule has 7 nitrogen and oxygen atoms in total. The van der Waals surface area contributed by atoms with Crippen molar-refractivity contribution >= 4 is 33.5 Å². The number of amides is 1. The summed E-state index contributed by atoms with van der Waals surface area (Å²) in [5.74, 6) is -1.15. The average Bonchev–Trinajstić information content (AvgIpc) is 2.79. The Morgan fingerprint density at radius 2 is 1.91 bits per heavy atom. The summed E-state index contributed by atoms with van der Waals surface area (Å²) in [7, 11) is 0. The number of ether oxygens (including phenoxy) is 1. The second-order valence-corrected chi connectivity index (χ2v) is 8.67. The molecule has 0 spiro atoms. The molecule has 0 aliphatic carbocycles. The highest BCUT2D eigenvalue weighted by atomic mass is 79.9. The summed E-state index contributed by atoms with van der Waals surface area (Å²) in [5.41, 5.74) is 0.776. The molecule has 2 aromatic rings. The zero-order chi connectivity index (χ0) is 23.1. The number of carbonyl (C=O) groups excluding carboxylic acids is 1. The van der Waals surface area contributed by atoms with Gasteiger partial charge in [-0.25, -0.2) is 4.39 Å². The molecule has 1 aliphatic heterocycles. The summed E-state index contributed by atoms with van der Waals surface area (Å²) in [6, 6.07) is 13.6. The standard InChI is InChI=1S/C23H23BrFN3O4/c24-17-3-6-20(19(11-17)27-13-22(30)31)32-14-21(29)28-9-7-23(15-26,8-10-28)12-16-1-4-18(25)5-2-16/h1-6,11,27H,7-10,12-14H2,(H,30,31). The SMILES string of the molecule is N#CC1(Cc2ccc(F)cc2)CCN(C(=O)COc2ccc(Br)cc2NCC(=O)O)CC1. The van der Waals surface area contributed by atoms with Gasteiger partial charge in [-0.1, -0.05) is 28.1 Å². The number of aliphatic carboxylic acids is 1. The first-order chi connectivity index (χ1) is 15.3. The summed E-state index contributed by atoms with van der Waals surface area (Å²) < 4.78 is 19.5. The van der Waals surface area contributed by atoms with Crippen LogP contribution in [0.4, 0.5) is 10.1 Å². The van der Waals surface area contributed by atoms with E-state index >= 15 is 0 Å². The number of hydrogen-bond donors (Lipinski definition) is 2. The van der Waals surface area contributed by atoms with Crippen molar-refractivity contribution in [2.45, 2.75) is 19.3 Å². The van der Waals surface area contributed by atoms with E-state index in [1.165, 1.54) is 12.1 Å². The van der Waals surface area contributed by atoms with Crippen LogP contribution in [-0.2, 0) is 16.0 Å². The summed E-state index contributed by atoms with van der Waals surface area (Å²) in [4.78, 5) is 25.2. The first-order valence-electron chi connectivity index (χ1n) is 10.1.